The molecule has 22 heavy (non-hydrogen) atoms. The summed E-state index contributed by atoms with van der Waals surface area (Å²) < 4.78 is 10.6. The standard InChI is InChI=1S/C14H18N4O2S2/c1-19-11-3-7(15)9(17)5-13(11)21-22-14-6-10(18)8(16)4-12(14)20-2/h3-6H,15-18H2,1-2H3. The van der Waals surface area contributed by atoms with Crippen LogP contribution in [0.25, 0.3) is 0 Å². The first-order valence-corrected chi connectivity index (χ1v) is 8.41. The number of hydrogen-bond acceptors (Lipinski definition) is 8. The molecule has 6 nitrogen and oxygen atoms in total. The molecule has 0 unspecified atom stereocenters. The Morgan fingerprint density at radius 2 is 0.955 bits per heavy atom. The van der Waals surface area contributed by atoms with Gasteiger partial charge in [0.2, 0.25) is 0 Å². The second kappa shape index (κ2) is 6.80. The molecule has 8 N–H and O–H groups in total. The Balaban J connectivity index is 2.27. The number of anilines is 4. The van der Waals surface area contributed by atoms with Crippen molar-refractivity contribution in [1.29, 1.82) is 0 Å². The van der Waals surface area contributed by atoms with Gasteiger partial charge in [0.25, 0.3) is 0 Å². The number of nitrogen functional groups attached to an aromatic ring is 4. The zero-order valence-electron chi connectivity index (χ0n) is 12.3. The van der Waals surface area contributed by atoms with Crippen LogP contribution in [0, 0.1) is 0 Å². The van der Waals surface area contributed by atoms with Crippen molar-refractivity contribution in [2.24, 2.45) is 0 Å². The molecular formula is C14H18N4O2S2. The molecule has 0 amide bonds. The van der Waals surface area contributed by atoms with Crippen molar-refractivity contribution in [3.05, 3.63) is 24.3 Å². The second-order valence-electron chi connectivity index (χ2n) is 4.43. The highest BCUT2D eigenvalue weighted by atomic mass is 33.1. The molecule has 118 valence electrons. The number of hydrogen-bond donors (Lipinski definition) is 4. The van der Waals surface area contributed by atoms with Gasteiger partial charge in [-0.2, -0.15) is 0 Å². The van der Waals surface area contributed by atoms with Gasteiger partial charge in [0.15, 0.2) is 0 Å². The van der Waals surface area contributed by atoms with Crippen LogP contribution in [-0.4, -0.2) is 14.2 Å². The number of benzene rings is 2. The summed E-state index contributed by atoms with van der Waals surface area (Å²) >= 11 is 0. The molecule has 0 aliphatic heterocycles. The Hall–Kier alpha value is -2.06. The van der Waals surface area contributed by atoms with Gasteiger partial charge in [0.1, 0.15) is 11.5 Å². The average Bonchev–Trinajstić information content (AvgIpc) is 2.50. The molecule has 0 saturated heterocycles. The fraction of sp³-hybridized carbons (Fsp3) is 0.143. The molecule has 2 aromatic rings. The van der Waals surface area contributed by atoms with Crippen LogP contribution in [-0.2, 0) is 0 Å². The summed E-state index contributed by atoms with van der Waals surface area (Å²) in [6, 6.07) is 6.96. The van der Waals surface area contributed by atoms with E-state index in [-0.39, 0.29) is 0 Å². The van der Waals surface area contributed by atoms with E-state index in [2.05, 4.69) is 0 Å². The highest BCUT2D eigenvalue weighted by molar-refractivity contribution is 8.76. The Morgan fingerprint density at radius 1 is 0.636 bits per heavy atom. The zero-order chi connectivity index (χ0) is 16.3. The summed E-state index contributed by atoms with van der Waals surface area (Å²) in [6.07, 6.45) is 0. The largest absolute Gasteiger partial charge is 0.495 e. The van der Waals surface area contributed by atoms with Gasteiger partial charge in [-0.05, 0) is 33.7 Å². The van der Waals surface area contributed by atoms with Crippen LogP contribution in [0.15, 0.2) is 34.1 Å². The topological polar surface area (TPSA) is 123 Å². The highest BCUT2D eigenvalue weighted by Crippen LogP contribution is 2.47. The van der Waals surface area contributed by atoms with Crippen molar-refractivity contribution in [1.82, 2.24) is 0 Å². The van der Waals surface area contributed by atoms with Crippen molar-refractivity contribution >= 4 is 44.3 Å². The number of nitrogens with two attached hydrogens (primary N) is 4. The Morgan fingerprint density at radius 3 is 1.27 bits per heavy atom. The predicted molar refractivity (Wildman–Crippen MR) is 95.4 cm³/mol. The summed E-state index contributed by atoms with van der Waals surface area (Å²) in [4.78, 5) is 1.72. The minimum absolute atomic E-state index is 0.487. The first kappa shape index (κ1) is 16.3. The monoisotopic (exact) mass is 338 g/mol. The maximum Gasteiger partial charge on any atom is 0.135 e. The molecule has 0 aliphatic carbocycles. The first-order chi connectivity index (χ1) is 10.5. The zero-order valence-corrected chi connectivity index (χ0v) is 13.9. The number of rotatable bonds is 5. The van der Waals surface area contributed by atoms with Gasteiger partial charge in [-0.15, -0.1) is 0 Å². The molecule has 0 fully saturated rings. The van der Waals surface area contributed by atoms with E-state index in [4.69, 9.17) is 32.4 Å². The maximum atomic E-state index is 5.85. The van der Waals surface area contributed by atoms with Crippen LogP contribution in [0.3, 0.4) is 0 Å². The smallest absolute Gasteiger partial charge is 0.135 e. The van der Waals surface area contributed by atoms with Crippen LogP contribution in [0.5, 0.6) is 11.5 Å². The van der Waals surface area contributed by atoms with E-state index in [0.717, 1.165) is 9.79 Å². The molecule has 0 aromatic heterocycles. The van der Waals surface area contributed by atoms with Gasteiger partial charge in [-0.1, -0.05) is 0 Å². The van der Waals surface area contributed by atoms with Crippen LogP contribution in [0.2, 0.25) is 0 Å². The van der Waals surface area contributed by atoms with E-state index in [1.54, 1.807) is 38.5 Å². The Labute approximate surface area is 136 Å². The van der Waals surface area contributed by atoms with E-state index in [0.29, 0.717) is 34.2 Å². The van der Waals surface area contributed by atoms with E-state index >= 15 is 0 Å². The van der Waals surface area contributed by atoms with E-state index in [1.165, 1.54) is 21.6 Å². The predicted octanol–water partition coefficient (Wildman–Crippen LogP) is 2.83. The lowest BCUT2D eigenvalue weighted by Gasteiger charge is -2.13. The lowest BCUT2D eigenvalue weighted by Crippen LogP contribution is -1.97. The fourth-order valence-corrected chi connectivity index (χ4v) is 4.02. The fourth-order valence-electron chi connectivity index (χ4n) is 1.72. The van der Waals surface area contributed by atoms with Crippen molar-refractivity contribution in [2.75, 3.05) is 37.2 Å². The number of ether oxygens (including phenoxy) is 2. The molecule has 0 saturated carbocycles. The molecule has 0 radical (unpaired) electrons. The summed E-state index contributed by atoms with van der Waals surface area (Å²) in [7, 11) is 6.11. The van der Waals surface area contributed by atoms with Gasteiger partial charge in [-0.25, -0.2) is 0 Å². The van der Waals surface area contributed by atoms with E-state index in [9.17, 15) is 0 Å². The van der Waals surface area contributed by atoms with Crippen molar-refractivity contribution < 1.29 is 9.47 Å². The van der Waals surface area contributed by atoms with Crippen molar-refractivity contribution in [3.8, 4) is 11.5 Å². The maximum absolute atomic E-state index is 5.85. The van der Waals surface area contributed by atoms with Gasteiger partial charge >= 0.3 is 0 Å². The van der Waals surface area contributed by atoms with E-state index < -0.39 is 0 Å². The minimum Gasteiger partial charge on any atom is -0.495 e. The summed E-state index contributed by atoms with van der Waals surface area (Å²) in [6.45, 7) is 0. The van der Waals surface area contributed by atoms with Gasteiger partial charge in [0, 0.05) is 12.1 Å². The average molecular weight is 338 g/mol. The van der Waals surface area contributed by atoms with Crippen molar-refractivity contribution in [3.63, 3.8) is 0 Å². The molecule has 0 heterocycles. The van der Waals surface area contributed by atoms with Crippen molar-refractivity contribution in [2.45, 2.75) is 9.79 Å². The van der Waals surface area contributed by atoms with Gasteiger partial charge in [-0.3, -0.25) is 0 Å². The van der Waals surface area contributed by atoms with Crippen LogP contribution in [0.1, 0.15) is 0 Å². The third-order valence-electron chi connectivity index (χ3n) is 2.96. The van der Waals surface area contributed by atoms with Crippen LogP contribution >= 0.6 is 21.6 Å². The molecule has 0 atom stereocenters. The molecule has 2 aromatic carbocycles. The SMILES string of the molecule is COc1cc(N)c(N)cc1SSc1cc(N)c(N)cc1OC. The normalized spacial score (nSPS) is 10.5. The molecule has 2 rings (SSSR count). The van der Waals surface area contributed by atoms with Crippen LogP contribution in [0.4, 0.5) is 22.7 Å². The molecule has 0 aliphatic rings. The lowest BCUT2D eigenvalue weighted by molar-refractivity contribution is 0.405. The summed E-state index contributed by atoms with van der Waals surface area (Å²) in [5.74, 6) is 1.32. The first-order valence-electron chi connectivity index (χ1n) is 6.26. The van der Waals surface area contributed by atoms with Gasteiger partial charge in [0.05, 0.1) is 46.8 Å². The highest BCUT2D eigenvalue weighted by Gasteiger charge is 2.12. The van der Waals surface area contributed by atoms with Gasteiger partial charge < -0.3 is 32.4 Å². The summed E-state index contributed by atoms with van der Waals surface area (Å²) in [5, 5.41) is 0. The molecular weight excluding hydrogens is 320 g/mol. The third kappa shape index (κ3) is 3.40. The Kier molecular flexibility index (Phi) is 5.04. The lowest BCUT2D eigenvalue weighted by atomic mass is 10.2. The molecule has 0 bridgehead atoms. The van der Waals surface area contributed by atoms with Crippen LogP contribution < -0.4 is 32.4 Å². The number of methoxy groups -OCH3 is 2. The summed E-state index contributed by atoms with van der Waals surface area (Å²) in [5.41, 5.74) is 25.3. The second-order valence-corrected chi connectivity index (χ2v) is 6.64. The quantitative estimate of drug-likeness (QED) is 0.485. The minimum atomic E-state index is 0.487. The van der Waals surface area contributed by atoms with E-state index in [1.807, 2.05) is 0 Å². The molecule has 0 spiro atoms. The molecule has 8 heteroatoms. The third-order valence-corrected chi connectivity index (χ3v) is 5.37. The Bertz CT molecular complexity index is 636.